The highest BCUT2D eigenvalue weighted by atomic mass is 16.6. The van der Waals surface area contributed by atoms with Crippen molar-refractivity contribution in [1.82, 2.24) is 0 Å². The summed E-state index contributed by atoms with van der Waals surface area (Å²) in [5.41, 5.74) is -0.920. The number of ether oxygens (including phenoxy) is 2. The van der Waals surface area contributed by atoms with Gasteiger partial charge >= 0.3 is 11.9 Å². The van der Waals surface area contributed by atoms with Crippen molar-refractivity contribution in [3.63, 3.8) is 0 Å². The first-order valence-electron chi connectivity index (χ1n) is 7.61. The molecule has 4 aliphatic carbocycles. The second-order valence-corrected chi connectivity index (χ2v) is 7.05. The molecule has 5 heteroatoms. The third-order valence-electron chi connectivity index (χ3n) is 5.21. The lowest BCUT2D eigenvalue weighted by atomic mass is 9.52. The van der Waals surface area contributed by atoms with Gasteiger partial charge in [0.25, 0.3) is 0 Å². The van der Waals surface area contributed by atoms with Crippen molar-refractivity contribution in [3.05, 3.63) is 12.7 Å². The van der Waals surface area contributed by atoms with Crippen molar-refractivity contribution < 1.29 is 24.2 Å². The molecule has 116 valence electrons. The molecule has 4 fully saturated rings. The van der Waals surface area contributed by atoms with Crippen LogP contribution in [-0.2, 0) is 19.1 Å². The number of hydrogen-bond donors (Lipinski definition) is 1. The fraction of sp³-hybridized carbons (Fsp3) is 0.750. The van der Waals surface area contributed by atoms with Crippen LogP contribution < -0.4 is 0 Å². The van der Waals surface area contributed by atoms with E-state index in [2.05, 4.69) is 6.58 Å². The summed E-state index contributed by atoms with van der Waals surface area (Å²) in [6, 6.07) is 0. The maximum atomic E-state index is 11.7. The molecule has 0 saturated heterocycles. The fourth-order valence-corrected chi connectivity index (χ4v) is 5.03. The second-order valence-electron chi connectivity index (χ2n) is 7.05. The van der Waals surface area contributed by atoms with Gasteiger partial charge in [0.2, 0.25) is 0 Å². The molecule has 3 unspecified atom stereocenters. The Morgan fingerprint density at radius 3 is 2.33 bits per heavy atom. The first-order valence-corrected chi connectivity index (χ1v) is 7.61. The summed E-state index contributed by atoms with van der Waals surface area (Å²) in [4.78, 5) is 22.8. The van der Waals surface area contributed by atoms with E-state index < -0.39 is 29.2 Å². The lowest BCUT2D eigenvalue weighted by Crippen LogP contribution is -2.62. The van der Waals surface area contributed by atoms with Gasteiger partial charge < -0.3 is 14.6 Å². The average Bonchev–Trinajstić information content (AvgIpc) is 2.35. The van der Waals surface area contributed by atoms with E-state index in [0.29, 0.717) is 18.3 Å². The Balaban J connectivity index is 1.82. The molecular formula is C16H22O5. The molecule has 0 aromatic heterocycles. The van der Waals surface area contributed by atoms with Crippen molar-refractivity contribution in [3.8, 4) is 0 Å². The minimum absolute atomic E-state index is 0.390. The number of rotatable bonds is 5. The van der Waals surface area contributed by atoms with Crippen molar-refractivity contribution in [2.45, 2.75) is 62.8 Å². The Labute approximate surface area is 124 Å². The summed E-state index contributed by atoms with van der Waals surface area (Å²) in [7, 11) is 0. The van der Waals surface area contributed by atoms with Crippen LogP contribution >= 0.6 is 0 Å². The lowest BCUT2D eigenvalue weighted by Gasteiger charge is -2.60. The van der Waals surface area contributed by atoms with E-state index in [1.165, 1.54) is 6.08 Å². The second kappa shape index (κ2) is 4.83. The molecule has 4 rings (SSSR count). The van der Waals surface area contributed by atoms with Crippen LogP contribution in [0.5, 0.6) is 0 Å². The van der Waals surface area contributed by atoms with Gasteiger partial charge in [0.05, 0.1) is 5.60 Å². The molecule has 5 nitrogen and oxygen atoms in total. The normalized spacial score (nSPS) is 41.6. The van der Waals surface area contributed by atoms with E-state index >= 15 is 0 Å². The average molecular weight is 294 g/mol. The quantitative estimate of drug-likeness (QED) is 0.622. The third kappa shape index (κ3) is 2.59. The summed E-state index contributed by atoms with van der Waals surface area (Å²) < 4.78 is 11.6. The van der Waals surface area contributed by atoms with Gasteiger partial charge in [-0.2, -0.15) is 0 Å². The molecule has 0 aromatic rings. The molecule has 0 heterocycles. The molecule has 4 saturated carbocycles. The number of hydrogen-bond acceptors (Lipinski definition) is 4. The van der Waals surface area contributed by atoms with Gasteiger partial charge in [0.15, 0.2) is 6.10 Å². The van der Waals surface area contributed by atoms with Crippen LogP contribution in [0.15, 0.2) is 12.7 Å². The minimum Gasteiger partial charge on any atom is -0.479 e. The molecule has 1 N–H and O–H groups in total. The highest BCUT2D eigenvalue weighted by molar-refractivity contribution is 5.81. The molecule has 4 bridgehead atoms. The Kier molecular flexibility index (Phi) is 3.35. The fourth-order valence-electron chi connectivity index (χ4n) is 5.03. The topological polar surface area (TPSA) is 72.8 Å². The van der Waals surface area contributed by atoms with Crippen LogP contribution in [0.2, 0.25) is 0 Å². The van der Waals surface area contributed by atoms with Gasteiger partial charge in [-0.1, -0.05) is 6.58 Å². The van der Waals surface area contributed by atoms with Crippen LogP contribution in [0.3, 0.4) is 0 Å². The number of carboxylic acid groups (broad SMARTS) is 1. The monoisotopic (exact) mass is 294 g/mol. The largest absolute Gasteiger partial charge is 0.479 e. The maximum Gasteiger partial charge on any atom is 0.332 e. The van der Waals surface area contributed by atoms with E-state index in [1.807, 2.05) is 0 Å². The molecule has 0 aliphatic heterocycles. The van der Waals surface area contributed by atoms with Gasteiger partial charge in [-0.3, -0.25) is 0 Å². The predicted molar refractivity (Wildman–Crippen MR) is 74.6 cm³/mol. The number of esters is 1. The van der Waals surface area contributed by atoms with Gasteiger partial charge in [-0.25, -0.2) is 9.59 Å². The van der Waals surface area contributed by atoms with Crippen LogP contribution in [-0.4, -0.2) is 34.4 Å². The molecule has 0 spiro atoms. The Bertz CT molecular complexity index is 469. The number of carboxylic acids is 1. The molecular weight excluding hydrogens is 272 g/mol. The Hall–Kier alpha value is -1.36. The molecule has 4 aliphatic rings. The van der Waals surface area contributed by atoms with Crippen LogP contribution in [0.25, 0.3) is 0 Å². The SMILES string of the molecule is C=CC(=O)OC12CC3CC(C1)CC(OC(C)C(=O)O)(C3)C2. The maximum absolute atomic E-state index is 11.7. The van der Waals surface area contributed by atoms with E-state index in [9.17, 15) is 9.59 Å². The number of carbonyl (C=O) groups excluding carboxylic acids is 1. The third-order valence-corrected chi connectivity index (χ3v) is 5.21. The first-order chi connectivity index (χ1) is 9.85. The van der Waals surface area contributed by atoms with E-state index in [0.717, 1.165) is 32.1 Å². The standard InChI is InChI=1S/C16H22O5/c1-3-13(17)21-16-7-11-4-12(8-16)6-15(5-11,9-16)20-10(2)14(18)19/h3,10-12H,1,4-9H2,2H3,(H,18,19). The molecule has 0 aromatic carbocycles. The molecule has 0 radical (unpaired) electrons. The summed E-state index contributed by atoms with van der Waals surface area (Å²) in [5, 5.41) is 9.11. The number of aliphatic carboxylic acids is 1. The highest BCUT2D eigenvalue weighted by Gasteiger charge is 2.60. The van der Waals surface area contributed by atoms with Crippen LogP contribution in [0.4, 0.5) is 0 Å². The highest BCUT2D eigenvalue weighted by Crippen LogP contribution is 2.60. The van der Waals surface area contributed by atoms with Crippen LogP contribution in [0, 0.1) is 11.8 Å². The van der Waals surface area contributed by atoms with E-state index in [1.54, 1.807) is 6.92 Å². The summed E-state index contributed by atoms with van der Waals surface area (Å²) in [5.74, 6) is -0.406. The van der Waals surface area contributed by atoms with E-state index in [-0.39, 0.29) is 0 Å². The van der Waals surface area contributed by atoms with E-state index in [4.69, 9.17) is 14.6 Å². The summed E-state index contributed by atoms with van der Waals surface area (Å²) in [6.45, 7) is 5.04. The van der Waals surface area contributed by atoms with Gasteiger partial charge in [0.1, 0.15) is 5.60 Å². The molecule has 3 atom stereocenters. The predicted octanol–water partition coefficient (Wildman–Crippen LogP) is 2.30. The molecule has 21 heavy (non-hydrogen) atoms. The van der Waals surface area contributed by atoms with Crippen molar-refractivity contribution in [2.24, 2.45) is 11.8 Å². The van der Waals surface area contributed by atoms with Gasteiger partial charge in [-0.05, 0) is 50.9 Å². The zero-order chi connectivity index (χ0) is 15.3. The van der Waals surface area contributed by atoms with Crippen LogP contribution in [0.1, 0.15) is 45.4 Å². The van der Waals surface area contributed by atoms with Gasteiger partial charge in [0, 0.05) is 12.5 Å². The Morgan fingerprint density at radius 1 is 1.24 bits per heavy atom. The van der Waals surface area contributed by atoms with Gasteiger partial charge in [-0.15, -0.1) is 0 Å². The van der Waals surface area contributed by atoms with Crippen molar-refractivity contribution in [1.29, 1.82) is 0 Å². The zero-order valence-electron chi connectivity index (χ0n) is 12.3. The first kappa shape index (κ1) is 14.6. The minimum atomic E-state index is -0.942. The smallest absolute Gasteiger partial charge is 0.332 e. The zero-order valence-corrected chi connectivity index (χ0v) is 12.3. The Morgan fingerprint density at radius 2 is 1.81 bits per heavy atom. The van der Waals surface area contributed by atoms with Crippen molar-refractivity contribution >= 4 is 11.9 Å². The van der Waals surface area contributed by atoms with Crippen molar-refractivity contribution in [2.75, 3.05) is 0 Å². The summed E-state index contributed by atoms with van der Waals surface area (Å²) >= 11 is 0. The summed E-state index contributed by atoms with van der Waals surface area (Å²) in [6.07, 6.45) is 5.64. The lowest BCUT2D eigenvalue weighted by molar-refractivity contribution is -0.243. The molecule has 0 amide bonds. The number of carbonyl (C=O) groups is 2.